The number of unbranched alkanes of at least 4 members (excludes halogenated alkanes) is 1. The monoisotopic (exact) mass is 1180 g/mol. The molecule has 0 aromatic heterocycles. The standard InChI is InChI=1S/C55H68Cl2N10O11S2/c1-30(68)47-55(78)66-45(54(77)63-42(49(60)72)25-34-10-18-38(57)19-11-34)29-80-79-28-44(65-51(74)40(58)24-32-8-16-37(56)17-9-32)46(70)27-36(23-31-12-20-39(69)21-13-31)50(73)64-43(26-33-6-14-35(15-7-33)48(59)71)53(76)62-41(52(75)67-47)5-3-4-22-61-2/h6-21,30,36,40-45,47,61,68-69H,3-5,22-29,58H2,1-2H3,(H2,59,71)(H2,60,72)(H,62,76)(H,63,77)(H,64,73)(H,65,74)(H,66,78)(H,67,75)/t30-,36-,40+,41+,42-,43-,44-,45+,47+/m1/s1. The second-order valence-electron chi connectivity index (χ2n) is 19.4. The summed E-state index contributed by atoms with van der Waals surface area (Å²) in [5.41, 5.74) is 20.1. The normalized spacial score (nSPS) is 21.1. The first-order chi connectivity index (χ1) is 38.1. The summed E-state index contributed by atoms with van der Waals surface area (Å²) < 4.78 is 0. The quantitative estimate of drug-likeness (QED) is 0.0441. The van der Waals surface area contributed by atoms with Crippen molar-refractivity contribution < 1.29 is 53.4 Å². The number of primary amides is 2. The predicted octanol–water partition coefficient (Wildman–Crippen LogP) is 1.53. The largest absolute Gasteiger partial charge is 0.508 e. The van der Waals surface area contributed by atoms with E-state index < -0.39 is 114 Å². The molecule has 0 saturated carbocycles. The van der Waals surface area contributed by atoms with Gasteiger partial charge in [0.2, 0.25) is 47.3 Å². The molecule has 5 rings (SSSR count). The molecule has 1 heterocycles. The van der Waals surface area contributed by atoms with Crippen molar-refractivity contribution >= 4 is 97.8 Å². The molecule has 4 aromatic rings. The van der Waals surface area contributed by atoms with Crippen molar-refractivity contribution in [2.45, 2.75) is 107 Å². The first kappa shape index (κ1) is 64.1. The number of rotatable bonds is 20. The van der Waals surface area contributed by atoms with Gasteiger partial charge < -0.3 is 64.6 Å². The number of nitrogens with two attached hydrogens (primary N) is 3. The van der Waals surface area contributed by atoms with Crippen LogP contribution in [0, 0.1) is 5.92 Å². The number of nitrogens with one attached hydrogen (secondary N) is 7. The molecule has 0 bridgehead atoms. The van der Waals surface area contributed by atoms with Crippen LogP contribution in [0.3, 0.4) is 0 Å². The summed E-state index contributed by atoms with van der Waals surface area (Å²) in [5, 5.41) is 41.1. The number of aliphatic hydroxyl groups is 1. The number of amides is 8. The van der Waals surface area contributed by atoms with Gasteiger partial charge in [0, 0.05) is 52.3 Å². The Morgan fingerprint density at radius 1 is 0.688 bits per heavy atom. The van der Waals surface area contributed by atoms with Gasteiger partial charge in [-0.3, -0.25) is 43.2 Å². The predicted molar refractivity (Wildman–Crippen MR) is 307 cm³/mol. The molecular formula is C55H68Cl2N10O11S2. The number of carbonyl (C=O) groups is 9. The summed E-state index contributed by atoms with van der Waals surface area (Å²) in [6.07, 6.45) is -1.50. The van der Waals surface area contributed by atoms with E-state index in [-0.39, 0.29) is 54.9 Å². The van der Waals surface area contributed by atoms with Crippen molar-refractivity contribution in [3.8, 4) is 5.75 Å². The Labute approximate surface area is 481 Å². The van der Waals surface area contributed by atoms with Crippen LogP contribution in [0.5, 0.6) is 5.75 Å². The fourth-order valence-electron chi connectivity index (χ4n) is 8.44. The van der Waals surface area contributed by atoms with Gasteiger partial charge in [-0.25, -0.2) is 0 Å². The Bertz CT molecular complexity index is 2780. The van der Waals surface area contributed by atoms with Crippen LogP contribution < -0.4 is 54.4 Å². The molecule has 15 N–H and O–H groups in total. The molecular weight excluding hydrogens is 1110 g/mol. The molecule has 430 valence electrons. The molecule has 0 aliphatic carbocycles. The van der Waals surface area contributed by atoms with Crippen LogP contribution in [0.1, 0.15) is 65.2 Å². The number of benzene rings is 4. The fourth-order valence-corrected chi connectivity index (χ4v) is 11.1. The summed E-state index contributed by atoms with van der Waals surface area (Å²) in [4.78, 5) is 126. The molecule has 21 nitrogen and oxygen atoms in total. The minimum Gasteiger partial charge on any atom is -0.508 e. The minimum absolute atomic E-state index is 0.0108. The topological polar surface area (TPSA) is 356 Å². The van der Waals surface area contributed by atoms with Crippen molar-refractivity contribution in [2.75, 3.05) is 25.1 Å². The number of hydrogen-bond donors (Lipinski definition) is 12. The van der Waals surface area contributed by atoms with Gasteiger partial charge in [0.1, 0.15) is 36.0 Å². The maximum Gasteiger partial charge on any atom is 0.248 e. The van der Waals surface area contributed by atoms with Crippen LogP contribution >= 0.6 is 44.8 Å². The average Bonchev–Trinajstić information content (AvgIpc) is 3.42. The summed E-state index contributed by atoms with van der Waals surface area (Å²) in [6.45, 7) is 1.77. The molecule has 8 amide bonds. The molecule has 1 fully saturated rings. The van der Waals surface area contributed by atoms with E-state index in [1.165, 1.54) is 43.3 Å². The van der Waals surface area contributed by atoms with Gasteiger partial charge in [0.15, 0.2) is 5.78 Å². The third-order valence-corrected chi connectivity index (χ3v) is 15.9. The van der Waals surface area contributed by atoms with Gasteiger partial charge in [0.25, 0.3) is 0 Å². The number of phenolic OH excluding ortho intramolecular Hbond substituents is 1. The third-order valence-electron chi connectivity index (χ3n) is 13.0. The number of hydrogen-bond acceptors (Lipinski definition) is 15. The van der Waals surface area contributed by atoms with Crippen LogP contribution in [-0.4, -0.2) is 137 Å². The van der Waals surface area contributed by atoms with Crippen molar-refractivity contribution in [3.63, 3.8) is 0 Å². The number of aliphatic hydroxyl groups excluding tert-OH is 1. The van der Waals surface area contributed by atoms with Crippen molar-refractivity contribution in [3.05, 3.63) is 135 Å². The Morgan fingerprint density at radius 2 is 1.24 bits per heavy atom. The summed E-state index contributed by atoms with van der Waals surface area (Å²) in [5.74, 6) is -9.15. The lowest BCUT2D eigenvalue weighted by atomic mass is 9.90. The molecule has 25 heteroatoms. The van der Waals surface area contributed by atoms with E-state index in [0.29, 0.717) is 51.7 Å². The highest BCUT2D eigenvalue weighted by molar-refractivity contribution is 8.76. The zero-order valence-corrected chi connectivity index (χ0v) is 47.2. The zero-order chi connectivity index (χ0) is 58.5. The summed E-state index contributed by atoms with van der Waals surface area (Å²) in [7, 11) is 3.74. The molecule has 0 unspecified atom stereocenters. The number of phenols is 1. The molecule has 80 heavy (non-hydrogen) atoms. The highest BCUT2D eigenvalue weighted by Gasteiger charge is 2.37. The van der Waals surface area contributed by atoms with E-state index in [9.17, 15) is 53.4 Å². The van der Waals surface area contributed by atoms with Crippen molar-refractivity contribution in [2.24, 2.45) is 23.1 Å². The molecule has 1 aliphatic heterocycles. The fraction of sp³-hybridized carbons (Fsp3) is 0.400. The molecule has 1 saturated heterocycles. The van der Waals surface area contributed by atoms with Gasteiger partial charge in [-0.15, -0.1) is 0 Å². The Balaban J connectivity index is 1.58. The minimum atomic E-state index is -1.73. The van der Waals surface area contributed by atoms with Crippen LogP contribution in [0.25, 0.3) is 0 Å². The molecule has 1 aliphatic rings. The van der Waals surface area contributed by atoms with E-state index in [0.717, 1.165) is 21.6 Å². The molecule has 4 aromatic carbocycles. The lowest BCUT2D eigenvalue weighted by Crippen LogP contribution is -2.62. The zero-order valence-electron chi connectivity index (χ0n) is 44.1. The number of halogens is 2. The van der Waals surface area contributed by atoms with Gasteiger partial charge in [-0.1, -0.05) is 93.3 Å². The third kappa shape index (κ3) is 20.7. The van der Waals surface area contributed by atoms with Crippen molar-refractivity contribution in [1.29, 1.82) is 0 Å². The molecule has 0 spiro atoms. The number of ketones is 1. The van der Waals surface area contributed by atoms with Crippen LogP contribution in [0.4, 0.5) is 0 Å². The summed E-state index contributed by atoms with van der Waals surface area (Å²) >= 11 is 12.2. The van der Waals surface area contributed by atoms with Gasteiger partial charge in [-0.2, -0.15) is 0 Å². The Morgan fingerprint density at radius 3 is 1.82 bits per heavy atom. The van der Waals surface area contributed by atoms with Gasteiger partial charge in [-0.05, 0) is 123 Å². The molecule has 9 atom stereocenters. The lowest BCUT2D eigenvalue weighted by molar-refractivity contribution is -0.137. The maximum atomic E-state index is 14.8. The van der Waals surface area contributed by atoms with E-state index in [4.69, 9.17) is 40.4 Å². The number of Topliss-reactive ketones (excluding diaryl/α,β-unsaturated/α-hetero) is 1. The molecule has 0 radical (unpaired) electrons. The van der Waals surface area contributed by atoms with Crippen LogP contribution in [0.15, 0.2) is 97.1 Å². The SMILES string of the molecule is CNCCCC[C@@H]1NC(=O)[C@@H](Cc2ccc(C(N)=O)cc2)NC(=O)[C@H](Cc2ccc(O)cc2)CC(=O)[C@H](NC(=O)[C@@H](N)Cc2ccc(Cl)cc2)CSSC[C@@H](C(=O)N[C@H](Cc2ccc(Cl)cc2)C(N)=O)NC(=O)[C@H]([C@@H](C)O)NC1=O. The van der Waals surface area contributed by atoms with E-state index in [1.54, 1.807) is 67.7 Å². The number of carbonyl (C=O) groups excluding carboxylic acids is 9. The highest BCUT2D eigenvalue weighted by atomic mass is 35.5. The van der Waals surface area contributed by atoms with E-state index >= 15 is 0 Å². The highest BCUT2D eigenvalue weighted by Crippen LogP contribution is 2.26. The maximum absolute atomic E-state index is 14.8. The second kappa shape index (κ2) is 31.9. The summed E-state index contributed by atoms with van der Waals surface area (Å²) in [6, 6.07) is 15.1. The first-order valence-electron chi connectivity index (χ1n) is 25.7. The Kier molecular flexibility index (Phi) is 25.6. The Hall–Kier alpha value is -6.73. The smallest absolute Gasteiger partial charge is 0.248 e. The van der Waals surface area contributed by atoms with Gasteiger partial charge >= 0.3 is 0 Å². The van der Waals surface area contributed by atoms with Gasteiger partial charge in [0.05, 0.1) is 18.2 Å². The van der Waals surface area contributed by atoms with E-state index in [2.05, 4.69) is 37.2 Å². The number of aromatic hydroxyl groups is 1. The van der Waals surface area contributed by atoms with Crippen LogP contribution in [0.2, 0.25) is 10.0 Å². The van der Waals surface area contributed by atoms with Crippen molar-refractivity contribution in [1.82, 2.24) is 37.2 Å². The average molecular weight is 1180 g/mol. The van der Waals surface area contributed by atoms with E-state index in [1.807, 2.05) is 0 Å². The second-order valence-corrected chi connectivity index (χ2v) is 22.8. The van der Waals surface area contributed by atoms with Crippen LogP contribution in [-0.2, 0) is 64.0 Å². The lowest BCUT2D eigenvalue weighted by Gasteiger charge is -2.29. The first-order valence-corrected chi connectivity index (χ1v) is 29.0.